The average molecular weight is 371 g/mol. The molecule has 8 heteroatoms. The second-order valence-corrected chi connectivity index (χ2v) is 18.1. The lowest BCUT2D eigenvalue weighted by Gasteiger charge is -2.38. The molecule has 0 spiro atoms. The van der Waals surface area contributed by atoms with Crippen LogP contribution < -0.4 is 0 Å². The third-order valence-corrected chi connectivity index (χ3v) is 6.78. The summed E-state index contributed by atoms with van der Waals surface area (Å²) in [5.74, 6) is 0.172. The van der Waals surface area contributed by atoms with Gasteiger partial charge in [-0.15, -0.1) is 0 Å². The zero-order chi connectivity index (χ0) is 17.9. The number of piperazine rings is 1. The number of hydrogen-bond donors (Lipinski definition) is 0. The van der Waals surface area contributed by atoms with Crippen LogP contribution in [0.25, 0.3) is 0 Å². The summed E-state index contributed by atoms with van der Waals surface area (Å²) in [5.41, 5.74) is 0. The van der Waals surface area contributed by atoms with Crippen LogP contribution in [0.15, 0.2) is 0 Å². The molecular weight excluding hydrogens is 340 g/mol. The minimum absolute atomic E-state index is 0.00335. The molecule has 3 aliphatic heterocycles. The van der Waals surface area contributed by atoms with Crippen molar-refractivity contribution >= 4 is 28.4 Å². The Hall–Kier alpha value is -0.706. The maximum Gasteiger partial charge on any atom is 0.246 e. The standard InChI is InChI=1S/C16H30N2O4Si2/c1-23(2,3)21-11-7-13-15(19)18-10-12(22-24(4,5)6)8-14(18)16(20)17(13)9-11/h11-14H,7-10H2,1-6H3. The van der Waals surface area contributed by atoms with E-state index in [1.54, 1.807) is 9.80 Å². The quantitative estimate of drug-likeness (QED) is 0.706. The van der Waals surface area contributed by atoms with Gasteiger partial charge in [-0.25, -0.2) is 0 Å². The molecule has 0 radical (unpaired) electrons. The third-order valence-electron chi connectivity index (χ3n) is 4.70. The first kappa shape index (κ1) is 18.1. The zero-order valence-corrected chi connectivity index (χ0v) is 17.7. The SMILES string of the molecule is C[Si](C)(C)OC1CC2C(=O)N3CC(O[Si](C)(C)C)CC3C(=O)N2C1. The highest BCUT2D eigenvalue weighted by atomic mass is 28.4. The third kappa shape index (κ3) is 3.61. The zero-order valence-electron chi connectivity index (χ0n) is 15.7. The molecule has 3 fully saturated rings. The maximum atomic E-state index is 12.9. The molecule has 136 valence electrons. The number of rotatable bonds is 4. The summed E-state index contributed by atoms with van der Waals surface area (Å²) in [4.78, 5) is 29.3. The van der Waals surface area contributed by atoms with E-state index in [2.05, 4.69) is 39.3 Å². The Labute approximate surface area is 146 Å². The van der Waals surface area contributed by atoms with Gasteiger partial charge in [0.15, 0.2) is 16.6 Å². The van der Waals surface area contributed by atoms with Crippen molar-refractivity contribution < 1.29 is 18.4 Å². The summed E-state index contributed by atoms with van der Waals surface area (Å²) in [6.07, 6.45) is 1.28. The fraction of sp³-hybridized carbons (Fsp3) is 0.875. The molecule has 0 aromatic carbocycles. The van der Waals surface area contributed by atoms with Gasteiger partial charge in [0.25, 0.3) is 0 Å². The van der Waals surface area contributed by atoms with Crippen LogP contribution in [-0.4, -0.2) is 75.6 Å². The molecule has 0 aromatic heterocycles. The summed E-state index contributed by atoms with van der Waals surface area (Å²) in [6, 6.07) is -0.665. The van der Waals surface area contributed by atoms with Gasteiger partial charge in [0.1, 0.15) is 12.1 Å². The van der Waals surface area contributed by atoms with Crippen LogP contribution in [0.5, 0.6) is 0 Å². The molecule has 3 rings (SSSR count). The molecule has 24 heavy (non-hydrogen) atoms. The van der Waals surface area contributed by atoms with E-state index in [9.17, 15) is 9.59 Å². The molecule has 4 unspecified atom stereocenters. The van der Waals surface area contributed by atoms with Gasteiger partial charge in [0.05, 0.1) is 12.2 Å². The Kier molecular flexibility index (Phi) is 4.47. The number of carbonyl (C=O) groups excluding carboxylic acids is 2. The van der Waals surface area contributed by atoms with E-state index >= 15 is 0 Å². The Balaban J connectivity index is 1.71. The van der Waals surface area contributed by atoms with E-state index in [0.717, 1.165) is 0 Å². The van der Waals surface area contributed by atoms with E-state index < -0.39 is 16.6 Å². The second-order valence-electron chi connectivity index (χ2n) is 9.19. The molecule has 4 atom stereocenters. The molecule has 0 saturated carbocycles. The Bertz CT molecular complexity index is 467. The fourth-order valence-corrected chi connectivity index (χ4v) is 6.45. The van der Waals surface area contributed by atoms with Gasteiger partial charge >= 0.3 is 0 Å². The number of carbonyl (C=O) groups is 2. The second kappa shape index (κ2) is 5.93. The molecule has 0 bridgehead atoms. The molecule has 6 nitrogen and oxygen atoms in total. The summed E-state index contributed by atoms with van der Waals surface area (Å²) in [6.45, 7) is 14.0. The van der Waals surface area contributed by atoms with Crippen molar-refractivity contribution in [3.8, 4) is 0 Å². The van der Waals surface area contributed by atoms with Crippen LogP contribution in [0.3, 0.4) is 0 Å². The van der Waals surface area contributed by atoms with Crippen molar-refractivity contribution in [2.24, 2.45) is 0 Å². The number of fused-ring (bicyclic) bond motifs is 2. The molecule has 0 aromatic rings. The maximum absolute atomic E-state index is 12.9. The Morgan fingerprint density at radius 3 is 1.38 bits per heavy atom. The van der Waals surface area contributed by atoms with Gasteiger partial charge in [-0.2, -0.15) is 0 Å². The summed E-state index contributed by atoms with van der Waals surface area (Å²) < 4.78 is 12.3. The predicted octanol–water partition coefficient (Wildman–Crippen LogP) is 1.64. The van der Waals surface area contributed by atoms with Crippen LogP contribution in [0.4, 0.5) is 0 Å². The largest absolute Gasteiger partial charge is 0.413 e. The normalized spacial score (nSPS) is 33.9. The minimum Gasteiger partial charge on any atom is -0.413 e. The molecule has 3 heterocycles. The summed E-state index contributed by atoms with van der Waals surface area (Å²) in [7, 11) is -3.35. The summed E-state index contributed by atoms with van der Waals surface area (Å²) in [5, 5.41) is 0. The summed E-state index contributed by atoms with van der Waals surface area (Å²) >= 11 is 0. The van der Waals surface area contributed by atoms with Gasteiger partial charge in [-0.1, -0.05) is 0 Å². The van der Waals surface area contributed by atoms with Crippen molar-refractivity contribution in [3.63, 3.8) is 0 Å². The van der Waals surface area contributed by atoms with Crippen molar-refractivity contribution in [3.05, 3.63) is 0 Å². The first-order valence-electron chi connectivity index (χ1n) is 8.91. The van der Waals surface area contributed by atoms with Crippen molar-refractivity contribution in [2.45, 2.75) is 76.4 Å². The topological polar surface area (TPSA) is 59.1 Å². The van der Waals surface area contributed by atoms with E-state index in [0.29, 0.717) is 25.9 Å². The molecule has 3 saturated heterocycles. The van der Waals surface area contributed by atoms with Crippen LogP contribution >= 0.6 is 0 Å². The molecular formula is C16H30N2O4Si2. The van der Waals surface area contributed by atoms with Crippen molar-refractivity contribution in [2.75, 3.05) is 13.1 Å². The van der Waals surface area contributed by atoms with Gasteiger partial charge < -0.3 is 18.7 Å². The van der Waals surface area contributed by atoms with Gasteiger partial charge in [0, 0.05) is 25.9 Å². The fourth-order valence-electron chi connectivity index (χ4n) is 4.10. The minimum atomic E-state index is -1.67. The monoisotopic (exact) mass is 370 g/mol. The van der Waals surface area contributed by atoms with Crippen molar-refractivity contribution in [1.29, 1.82) is 0 Å². The average Bonchev–Trinajstić information content (AvgIpc) is 2.96. The Morgan fingerprint density at radius 2 is 1.08 bits per heavy atom. The van der Waals surface area contributed by atoms with Gasteiger partial charge in [-0.05, 0) is 39.3 Å². The predicted molar refractivity (Wildman–Crippen MR) is 96.7 cm³/mol. The highest BCUT2D eigenvalue weighted by Crippen LogP contribution is 2.35. The molecule has 3 aliphatic rings. The molecule has 0 N–H and O–H groups in total. The van der Waals surface area contributed by atoms with Crippen LogP contribution in [0.1, 0.15) is 12.8 Å². The van der Waals surface area contributed by atoms with E-state index in [1.165, 1.54) is 0 Å². The molecule has 0 aliphatic carbocycles. The van der Waals surface area contributed by atoms with Crippen LogP contribution in [0.2, 0.25) is 39.3 Å². The van der Waals surface area contributed by atoms with E-state index in [4.69, 9.17) is 8.85 Å². The van der Waals surface area contributed by atoms with E-state index in [1.807, 2.05) is 0 Å². The first-order chi connectivity index (χ1) is 10.9. The lowest BCUT2D eigenvalue weighted by atomic mass is 10.1. The smallest absolute Gasteiger partial charge is 0.246 e. The lowest BCUT2D eigenvalue weighted by molar-refractivity contribution is -0.157. The number of nitrogens with zero attached hydrogens (tertiary/aromatic N) is 2. The van der Waals surface area contributed by atoms with Crippen LogP contribution in [0, 0.1) is 0 Å². The van der Waals surface area contributed by atoms with Crippen LogP contribution in [-0.2, 0) is 18.4 Å². The first-order valence-corrected chi connectivity index (χ1v) is 15.7. The highest BCUT2D eigenvalue weighted by Gasteiger charge is 2.54. The number of hydrogen-bond acceptors (Lipinski definition) is 4. The molecule has 2 amide bonds. The Morgan fingerprint density at radius 1 is 0.750 bits per heavy atom. The van der Waals surface area contributed by atoms with Gasteiger partial charge in [-0.3, -0.25) is 9.59 Å². The van der Waals surface area contributed by atoms with Gasteiger partial charge in [0.2, 0.25) is 11.8 Å². The van der Waals surface area contributed by atoms with E-state index in [-0.39, 0.29) is 36.1 Å². The van der Waals surface area contributed by atoms with Crippen molar-refractivity contribution in [1.82, 2.24) is 9.80 Å². The lowest BCUT2D eigenvalue weighted by Crippen LogP contribution is -2.60. The number of amides is 2. The highest BCUT2D eigenvalue weighted by molar-refractivity contribution is 6.70.